The maximum absolute atomic E-state index is 13.8. The lowest BCUT2D eigenvalue weighted by atomic mass is 9.96. The Bertz CT molecular complexity index is 1020. The van der Waals surface area contributed by atoms with Crippen molar-refractivity contribution < 1.29 is 18.8 Å². The molecule has 0 unspecified atom stereocenters. The van der Waals surface area contributed by atoms with E-state index >= 15 is 0 Å². The van der Waals surface area contributed by atoms with E-state index in [9.17, 15) is 9.59 Å². The monoisotopic (exact) mass is 497 g/mol. The Morgan fingerprint density at radius 3 is 2.29 bits per heavy atom. The number of rotatable bonds is 7. The van der Waals surface area contributed by atoms with Gasteiger partial charge in [-0.2, -0.15) is 0 Å². The number of hydrogen-bond acceptors (Lipinski definition) is 5. The van der Waals surface area contributed by atoms with Crippen LogP contribution in [0.15, 0.2) is 65.6 Å². The molecule has 2 aromatic carbocycles. The number of benzene rings is 2. The molecule has 2 fully saturated rings. The molecule has 1 amide bonds. The van der Waals surface area contributed by atoms with Crippen LogP contribution < -0.4 is 0 Å². The number of amides is 1. The Morgan fingerprint density at radius 2 is 1.68 bits per heavy atom. The molecule has 4 rings (SSSR count). The van der Waals surface area contributed by atoms with Crippen LogP contribution in [0.5, 0.6) is 0 Å². The van der Waals surface area contributed by atoms with E-state index < -0.39 is 13.9 Å². The molecule has 2 aromatic rings. The maximum atomic E-state index is 13.8. The van der Waals surface area contributed by atoms with E-state index in [1.807, 2.05) is 60.7 Å². The molecule has 2 aliphatic heterocycles. The Hall–Kier alpha value is -1.93. The lowest BCUT2D eigenvalue weighted by Gasteiger charge is -2.37. The van der Waals surface area contributed by atoms with E-state index in [-0.39, 0.29) is 34.6 Å². The summed E-state index contributed by atoms with van der Waals surface area (Å²) < 4.78 is 12.9. The van der Waals surface area contributed by atoms with Crippen LogP contribution in [-0.2, 0) is 25.3 Å². The lowest BCUT2D eigenvalue weighted by molar-refractivity contribution is -0.154. The average Bonchev–Trinajstić information content (AvgIpc) is 3.27. The van der Waals surface area contributed by atoms with E-state index in [4.69, 9.17) is 9.16 Å². The van der Waals surface area contributed by atoms with Gasteiger partial charge in [-0.1, -0.05) is 69.3 Å². The second-order valence-corrected chi connectivity index (χ2v) is 16.9. The van der Waals surface area contributed by atoms with Gasteiger partial charge in [0.25, 0.3) is 5.91 Å². The molecule has 3 atom stereocenters. The van der Waals surface area contributed by atoms with Gasteiger partial charge in [0.05, 0.1) is 24.5 Å². The van der Waals surface area contributed by atoms with E-state index in [2.05, 4.69) is 33.9 Å². The van der Waals surface area contributed by atoms with Crippen LogP contribution in [0.4, 0.5) is 0 Å². The molecule has 34 heavy (non-hydrogen) atoms. The number of Topliss-reactive ketones (excluding diaryl/α,β-unsaturated/α-hetero) is 1. The molecular weight excluding hydrogens is 462 g/mol. The molecule has 0 radical (unpaired) electrons. The summed E-state index contributed by atoms with van der Waals surface area (Å²) >= 11 is 1.57. The van der Waals surface area contributed by atoms with Crippen molar-refractivity contribution in [3.05, 3.63) is 66.2 Å². The predicted octanol–water partition coefficient (Wildman–Crippen LogP) is 5.31. The van der Waals surface area contributed by atoms with Crippen LogP contribution in [0.1, 0.15) is 32.8 Å². The van der Waals surface area contributed by atoms with Crippen LogP contribution in [0.25, 0.3) is 0 Å². The van der Waals surface area contributed by atoms with Gasteiger partial charge in [0, 0.05) is 11.4 Å². The van der Waals surface area contributed by atoms with Crippen molar-refractivity contribution in [2.75, 3.05) is 13.2 Å². The summed E-state index contributed by atoms with van der Waals surface area (Å²) in [6.45, 7) is 11.9. The number of hydrogen-bond donors (Lipinski definition) is 0. The third-order valence-corrected chi connectivity index (χ3v) is 13.2. The topological polar surface area (TPSA) is 55.8 Å². The number of ether oxygens (including phenoxy) is 1. The summed E-state index contributed by atoms with van der Waals surface area (Å²) in [6, 6.07) is 19.7. The van der Waals surface area contributed by atoms with Crippen LogP contribution >= 0.6 is 11.8 Å². The first kappa shape index (κ1) is 25.2. The molecule has 1 spiro atoms. The van der Waals surface area contributed by atoms with Crippen molar-refractivity contribution >= 4 is 31.8 Å². The van der Waals surface area contributed by atoms with Crippen LogP contribution in [0, 0.1) is 0 Å². The first-order valence-corrected chi connectivity index (χ1v) is 15.7. The van der Waals surface area contributed by atoms with Gasteiger partial charge in [-0.15, -0.1) is 11.8 Å². The molecule has 0 bridgehead atoms. The fourth-order valence-corrected chi connectivity index (χ4v) is 6.73. The Balaban J connectivity index is 1.58. The Labute approximate surface area is 208 Å². The van der Waals surface area contributed by atoms with E-state index in [1.165, 1.54) is 0 Å². The van der Waals surface area contributed by atoms with Crippen LogP contribution in [0.3, 0.4) is 0 Å². The fourth-order valence-electron chi connectivity index (χ4n) is 4.29. The molecule has 0 aromatic heterocycles. The summed E-state index contributed by atoms with van der Waals surface area (Å²) in [5.41, 5.74) is -0.444. The van der Waals surface area contributed by atoms with Gasteiger partial charge in [0.15, 0.2) is 14.1 Å². The minimum atomic E-state index is -1.99. The molecular formula is C27H35NO4SSi. The first-order valence-electron chi connectivity index (χ1n) is 11.9. The summed E-state index contributed by atoms with van der Waals surface area (Å²) in [6.07, 6.45) is 0.310. The zero-order valence-electron chi connectivity index (χ0n) is 20.7. The van der Waals surface area contributed by atoms with Gasteiger partial charge in [-0.25, -0.2) is 0 Å². The minimum absolute atomic E-state index is 0.0764. The van der Waals surface area contributed by atoms with Crippen molar-refractivity contribution in [1.82, 2.24) is 4.90 Å². The van der Waals surface area contributed by atoms with Crippen molar-refractivity contribution in [2.45, 2.75) is 73.7 Å². The molecule has 182 valence electrons. The first-order chi connectivity index (χ1) is 16.0. The SMILES string of the molecule is CC(C)(C)[Si](C)(C)OC[C@@H]1C[C@@H](Sc2ccccc2)[C@]2(O1)C(=O)CN(Cc1ccccc1)C2=O. The molecule has 0 N–H and O–H groups in total. The predicted molar refractivity (Wildman–Crippen MR) is 138 cm³/mol. The number of ketones is 1. The Kier molecular flexibility index (Phi) is 7.11. The molecule has 0 aliphatic carbocycles. The fraction of sp³-hybridized carbons (Fsp3) is 0.481. The molecule has 2 heterocycles. The number of carbonyl (C=O) groups is 2. The van der Waals surface area contributed by atoms with Crippen LogP contribution in [0.2, 0.25) is 18.1 Å². The smallest absolute Gasteiger partial charge is 0.264 e. The highest BCUT2D eigenvalue weighted by Gasteiger charge is 2.64. The highest BCUT2D eigenvalue weighted by Crippen LogP contribution is 2.47. The Morgan fingerprint density at radius 1 is 1.06 bits per heavy atom. The number of likely N-dealkylation sites (tertiary alicyclic amines) is 1. The van der Waals surface area contributed by atoms with Gasteiger partial charge in [0.1, 0.15) is 0 Å². The summed E-state index contributed by atoms with van der Waals surface area (Å²) in [7, 11) is -1.99. The van der Waals surface area contributed by atoms with Gasteiger partial charge < -0.3 is 14.1 Å². The van der Waals surface area contributed by atoms with E-state index in [1.54, 1.807) is 16.7 Å². The van der Waals surface area contributed by atoms with Crippen molar-refractivity contribution in [3.8, 4) is 0 Å². The third-order valence-electron chi connectivity index (χ3n) is 7.31. The quantitative estimate of drug-likeness (QED) is 0.383. The second-order valence-electron chi connectivity index (χ2n) is 10.8. The molecule has 2 aliphatic rings. The molecule has 0 saturated carbocycles. The third kappa shape index (κ3) is 4.89. The van der Waals surface area contributed by atoms with Crippen molar-refractivity contribution in [1.29, 1.82) is 0 Å². The molecule has 7 heteroatoms. The van der Waals surface area contributed by atoms with Gasteiger partial charge in [-0.3, -0.25) is 9.59 Å². The van der Waals surface area contributed by atoms with Gasteiger partial charge >= 0.3 is 0 Å². The summed E-state index contributed by atoms with van der Waals surface area (Å²) in [5.74, 6) is -0.360. The average molecular weight is 498 g/mol. The standard InChI is InChI=1S/C27H35NO4SSi/c1-26(2,3)34(4,5)31-19-21-16-24(33-22-14-10-7-11-15-22)27(32-21)23(29)18-28(25(27)30)17-20-12-8-6-9-13-20/h6-15,21,24H,16-19H2,1-5H3/t21-,24+,27+/m0/s1. The van der Waals surface area contributed by atoms with E-state index in [0.717, 1.165) is 10.5 Å². The molecule has 2 saturated heterocycles. The normalized spacial score (nSPS) is 25.5. The highest BCUT2D eigenvalue weighted by atomic mass is 32.2. The lowest BCUT2D eigenvalue weighted by Crippen LogP contribution is -2.50. The largest absolute Gasteiger partial charge is 0.414 e. The van der Waals surface area contributed by atoms with E-state index in [0.29, 0.717) is 19.6 Å². The highest BCUT2D eigenvalue weighted by molar-refractivity contribution is 8.00. The summed E-state index contributed by atoms with van der Waals surface area (Å²) in [4.78, 5) is 29.9. The maximum Gasteiger partial charge on any atom is 0.264 e. The van der Waals surface area contributed by atoms with Crippen molar-refractivity contribution in [3.63, 3.8) is 0 Å². The number of carbonyl (C=O) groups excluding carboxylic acids is 2. The van der Waals surface area contributed by atoms with Gasteiger partial charge in [-0.05, 0) is 42.2 Å². The zero-order valence-corrected chi connectivity index (χ0v) is 22.6. The van der Waals surface area contributed by atoms with Gasteiger partial charge in [0.2, 0.25) is 5.60 Å². The number of nitrogens with zero attached hydrogens (tertiary/aromatic N) is 1. The zero-order chi connectivity index (χ0) is 24.6. The van der Waals surface area contributed by atoms with Crippen LogP contribution in [-0.4, -0.2) is 55.0 Å². The van der Waals surface area contributed by atoms with Crippen molar-refractivity contribution in [2.24, 2.45) is 0 Å². The molecule has 5 nitrogen and oxygen atoms in total. The number of thioether (sulfide) groups is 1. The minimum Gasteiger partial charge on any atom is -0.414 e. The summed E-state index contributed by atoms with van der Waals surface area (Å²) in [5, 5.41) is -0.212. The second kappa shape index (κ2) is 9.61.